The standard InChI is InChI=1S/C8H7N5O/c1-2-6(14)10-7-11-8-9-4-3-5-13(8)12-7/h2-5H,1H2,(H,10,12,14). The molecule has 2 aromatic rings. The molecule has 0 bridgehead atoms. The van der Waals surface area contributed by atoms with Crippen molar-refractivity contribution in [3.8, 4) is 0 Å². The van der Waals surface area contributed by atoms with Crippen molar-refractivity contribution in [1.29, 1.82) is 0 Å². The van der Waals surface area contributed by atoms with E-state index < -0.39 is 0 Å². The summed E-state index contributed by atoms with van der Waals surface area (Å²) in [6.45, 7) is 3.32. The first-order valence-electron chi connectivity index (χ1n) is 3.90. The lowest BCUT2D eigenvalue weighted by Gasteiger charge is -1.91. The minimum Gasteiger partial charge on any atom is -0.290 e. The molecule has 2 rings (SSSR count). The highest BCUT2D eigenvalue weighted by Crippen LogP contribution is 2.01. The molecule has 0 aliphatic carbocycles. The van der Waals surface area contributed by atoms with Gasteiger partial charge in [-0.25, -0.2) is 9.50 Å². The molecule has 0 atom stereocenters. The average molecular weight is 189 g/mol. The molecular weight excluding hydrogens is 182 g/mol. The van der Waals surface area contributed by atoms with Gasteiger partial charge in [-0.1, -0.05) is 6.58 Å². The van der Waals surface area contributed by atoms with Crippen LogP contribution in [0.15, 0.2) is 31.1 Å². The Labute approximate surface area is 79.3 Å². The zero-order valence-corrected chi connectivity index (χ0v) is 7.21. The number of nitrogens with one attached hydrogen (secondary N) is 1. The highest BCUT2D eigenvalue weighted by molar-refractivity contribution is 5.97. The number of aromatic nitrogens is 4. The summed E-state index contributed by atoms with van der Waals surface area (Å²) in [6, 6.07) is 1.72. The summed E-state index contributed by atoms with van der Waals surface area (Å²) in [4.78, 5) is 18.8. The number of amides is 1. The van der Waals surface area contributed by atoms with E-state index in [4.69, 9.17) is 0 Å². The topological polar surface area (TPSA) is 72.2 Å². The Bertz CT molecular complexity index is 456. The van der Waals surface area contributed by atoms with Crippen LogP contribution in [0.25, 0.3) is 5.78 Å². The molecule has 6 nitrogen and oxygen atoms in total. The molecular formula is C8H7N5O. The van der Waals surface area contributed by atoms with Crippen LogP contribution < -0.4 is 5.32 Å². The zero-order chi connectivity index (χ0) is 9.97. The van der Waals surface area contributed by atoms with Crippen molar-refractivity contribution in [2.24, 2.45) is 0 Å². The van der Waals surface area contributed by atoms with Crippen LogP contribution in [0.1, 0.15) is 0 Å². The Morgan fingerprint density at radius 3 is 3.21 bits per heavy atom. The summed E-state index contributed by atoms with van der Waals surface area (Å²) in [6.07, 6.45) is 4.45. The Kier molecular flexibility index (Phi) is 1.94. The van der Waals surface area contributed by atoms with Crippen molar-refractivity contribution in [3.63, 3.8) is 0 Å². The monoisotopic (exact) mass is 189 g/mol. The molecule has 6 heteroatoms. The van der Waals surface area contributed by atoms with Gasteiger partial charge in [0.15, 0.2) is 0 Å². The molecule has 0 saturated carbocycles. The predicted molar refractivity (Wildman–Crippen MR) is 49.6 cm³/mol. The van der Waals surface area contributed by atoms with Crippen molar-refractivity contribution in [1.82, 2.24) is 19.6 Å². The van der Waals surface area contributed by atoms with Gasteiger partial charge in [-0.05, 0) is 12.1 Å². The Morgan fingerprint density at radius 1 is 1.64 bits per heavy atom. The molecule has 1 N–H and O–H groups in total. The first-order valence-corrected chi connectivity index (χ1v) is 3.90. The number of hydrogen-bond donors (Lipinski definition) is 1. The van der Waals surface area contributed by atoms with Gasteiger partial charge in [-0.2, -0.15) is 4.98 Å². The van der Waals surface area contributed by atoms with Gasteiger partial charge < -0.3 is 0 Å². The second-order valence-electron chi connectivity index (χ2n) is 2.49. The molecule has 14 heavy (non-hydrogen) atoms. The number of carbonyl (C=O) groups is 1. The molecule has 0 radical (unpaired) electrons. The molecule has 2 aromatic heterocycles. The van der Waals surface area contributed by atoms with E-state index in [1.807, 2.05) is 0 Å². The van der Waals surface area contributed by atoms with E-state index >= 15 is 0 Å². The second-order valence-corrected chi connectivity index (χ2v) is 2.49. The maximum absolute atomic E-state index is 10.9. The SMILES string of the molecule is C=CC(=O)Nc1nc2ncccn2n1. The van der Waals surface area contributed by atoms with Gasteiger partial charge >= 0.3 is 0 Å². The quantitative estimate of drug-likeness (QED) is 0.687. The molecule has 2 heterocycles. The smallest absolute Gasteiger partial charge is 0.253 e. The zero-order valence-electron chi connectivity index (χ0n) is 7.21. The maximum atomic E-state index is 10.9. The third kappa shape index (κ3) is 1.45. The highest BCUT2D eigenvalue weighted by Gasteiger charge is 2.04. The maximum Gasteiger partial charge on any atom is 0.253 e. The molecule has 0 aromatic carbocycles. The van der Waals surface area contributed by atoms with E-state index in [0.717, 1.165) is 6.08 Å². The summed E-state index contributed by atoms with van der Waals surface area (Å²) >= 11 is 0. The largest absolute Gasteiger partial charge is 0.290 e. The molecule has 0 fully saturated rings. The van der Waals surface area contributed by atoms with Gasteiger partial charge in [-0.15, -0.1) is 5.10 Å². The van der Waals surface area contributed by atoms with Gasteiger partial charge in [0, 0.05) is 12.4 Å². The molecule has 0 unspecified atom stereocenters. The van der Waals surface area contributed by atoms with Crippen LogP contribution >= 0.6 is 0 Å². The molecule has 0 saturated heterocycles. The third-order valence-electron chi connectivity index (χ3n) is 1.54. The Hall–Kier alpha value is -2.24. The van der Waals surface area contributed by atoms with Crippen LogP contribution in [0.3, 0.4) is 0 Å². The third-order valence-corrected chi connectivity index (χ3v) is 1.54. The number of hydrogen-bond acceptors (Lipinski definition) is 4. The normalized spacial score (nSPS) is 10.0. The second kappa shape index (κ2) is 3.25. The van der Waals surface area contributed by atoms with Crippen LogP contribution in [-0.4, -0.2) is 25.5 Å². The molecule has 1 amide bonds. The first-order chi connectivity index (χ1) is 6.79. The number of anilines is 1. The van der Waals surface area contributed by atoms with Gasteiger partial charge in [0.1, 0.15) is 0 Å². The Morgan fingerprint density at radius 2 is 2.50 bits per heavy atom. The summed E-state index contributed by atoms with van der Waals surface area (Å²) in [5.74, 6) is 0.307. The lowest BCUT2D eigenvalue weighted by molar-refractivity contribution is -0.111. The van der Waals surface area contributed by atoms with E-state index in [-0.39, 0.29) is 11.9 Å². The summed E-state index contributed by atoms with van der Waals surface area (Å²) < 4.78 is 1.47. The molecule has 0 spiro atoms. The van der Waals surface area contributed by atoms with Crippen molar-refractivity contribution in [2.45, 2.75) is 0 Å². The summed E-state index contributed by atoms with van der Waals surface area (Å²) in [5.41, 5.74) is 0. The lowest BCUT2D eigenvalue weighted by atomic mass is 10.6. The minimum atomic E-state index is -0.346. The van der Waals surface area contributed by atoms with Gasteiger partial charge in [0.05, 0.1) is 0 Å². The van der Waals surface area contributed by atoms with Gasteiger partial charge in [0.2, 0.25) is 5.91 Å². The van der Waals surface area contributed by atoms with Crippen molar-refractivity contribution in [3.05, 3.63) is 31.1 Å². The van der Waals surface area contributed by atoms with Gasteiger partial charge in [0.25, 0.3) is 11.7 Å². The number of fused-ring (bicyclic) bond motifs is 1. The summed E-state index contributed by atoms with van der Waals surface area (Å²) in [7, 11) is 0. The Balaban J connectivity index is 2.35. The van der Waals surface area contributed by atoms with E-state index in [1.54, 1.807) is 18.5 Å². The molecule has 70 valence electrons. The van der Waals surface area contributed by atoms with Crippen molar-refractivity contribution < 1.29 is 4.79 Å². The molecule has 0 aliphatic heterocycles. The van der Waals surface area contributed by atoms with Crippen LogP contribution in [-0.2, 0) is 4.79 Å². The minimum absolute atomic E-state index is 0.216. The number of rotatable bonds is 2. The van der Waals surface area contributed by atoms with E-state index in [9.17, 15) is 4.79 Å². The van der Waals surface area contributed by atoms with E-state index in [2.05, 4.69) is 27.0 Å². The van der Waals surface area contributed by atoms with E-state index in [1.165, 1.54) is 4.52 Å². The predicted octanol–water partition coefficient (Wildman–Crippen LogP) is 0.249. The van der Waals surface area contributed by atoms with Crippen LogP contribution in [0.2, 0.25) is 0 Å². The van der Waals surface area contributed by atoms with Crippen molar-refractivity contribution >= 4 is 17.6 Å². The average Bonchev–Trinajstić information content (AvgIpc) is 2.59. The number of nitrogens with zero attached hydrogens (tertiary/aromatic N) is 4. The fourth-order valence-corrected chi connectivity index (χ4v) is 0.947. The fraction of sp³-hybridized carbons (Fsp3) is 0. The molecule has 0 aliphatic rings. The van der Waals surface area contributed by atoms with Crippen LogP contribution in [0.4, 0.5) is 5.95 Å². The lowest BCUT2D eigenvalue weighted by Crippen LogP contribution is -2.08. The van der Waals surface area contributed by atoms with E-state index in [0.29, 0.717) is 5.78 Å². The van der Waals surface area contributed by atoms with Gasteiger partial charge in [-0.3, -0.25) is 10.1 Å². The summed E-state index contributed by atoms with van der Waals surface area (Å²) in [5, 5.41) is 6.40. The van der Waals surface area contributed by atoms with Crippen LogP contribution in [0, 0.1) is 0 Å². The first kappa shape index (κ1) is 8.36. The highest BCUT2D eigenvalue weighted by atomic mass is 16.1. The number of carbonyl (C=O) groups excluding carboxylic acids is 1. The van der Waals surface area contributed by atoms with Crippen LogP contribution in [0.5, 0.6) is 0 Å². The fourth-order valence-electron chi connectivity index (χ4n) is 0.947. The van der Waals surface area contributed by atoms with Crippen molar-refractivity contribution in [2.75, 3.05) is 5.32 Å².